The zero-order valence-corrected chi connectivity index (χ0v) is 61.7. The van der Waals surface area contributed by atoms with Gasteiger partial charge in [0.05, 0.1) is 27.7 Å². The third-order valence-corrected chi connectivity index (χ3v) is 17.8. The summed E-state index contributed by atoms with van der Waals surface area (Å²) >= 11 is 0. The van der Waals surface area contributed by atoms with E-state index in [0.717, 1.165) is 96.3 Å². The molecule has 2 unspecified atom stereocenters. The van der Waals surface area contributed by atoms with Gasteiger partial charge in [-0.05, 0) is 96.3 Å². The molecule has 0 aliphatic rings. The van der Waals surface area contributed by atoms with Gasteiger partial charge in [0.1, 0.15) is 19.8 Å². The molecule has 0 spiro atoms. The highest BCUT2D eigenvalue weighted by atomic mass is 31.2. The molecule has 0 amide bonds. The molecule has 1 N–H and O–H groups in total. The normalized spacial score (nSPS) is 13.7. The number of carbonyl (C=O) groups excluding carboxylic acids is 2. The summed E-state index contributed by atoms with van der Waals surface area (Å²) in [7, 11) is 1.48. The first-order chi connectivity index (χ1) is 45.0. The van der Waals surface area contributed by atoms with E-state index in [-0.39, 0.29) is 32.0 Å². The zero-order valence-electron chi connectivity index (χ0n) is 60.8. The molecule has 0 aliphatic heterocycles. The molecule has 2 atom stereocenters. The molecule has 0 radical (unpaired) electrons. The number of ether oxygens (including phenoxy) is 2. The van der Waals surface area contributed by atoms with E-state index in [2.05, 4.69) is 123 Å². The van der Waals surface area contributed by atoms with Gasteiger partial charge in [0.15, 0.2) is 6.10 Å². The average Bonchev–Trinajstić information content (AvgIpc) is 2.14. The molecule has 0 bridgehead atoms. The Morgan fingerprint density at radius 1 is 0.337 bits per heavy atom. The van der Waals surface area contributed by atoms with Gasteiger partial charge in [-0.15, -0.1) is 0 Å². The predicted molar refractivity (Wildman–Crippen MR) is 399 cm³/mol. The maximum Gasteiger partial charge on any atom is 0.472 e. The van der Waals surface area contributed by atoms with E-state index < -0.39 is 26.5 Å². The quantitative estimate of drug-likeness (QED) is 0.0211. The van der Waals surface area contributed by atoms with Crippen LogP contribution in [-0.4, -0.2) is 74.9 Å². The van der Waals surface area contributed by atoms with Crippen LogP contribution in [0.3, 0.4) is 0 Å². The molecule has 0 aromatic carbocycles. The molecule has 0 aromatic heterocycles. The summed E-state index contributed by atoms with van der Waals surface area (Å²) in [6.07, 6.45) is 102. The lowest BCUT2D eigenvalue weighted by atomic mass is 10.0. The van der Waals surface area contributed by atoms with E-state index in [9.17, 15) is 19.0 Å². The summed E-state index contributed by atoms with van der Waals surface area (Å²) in [5, 5.41) is 0. The van der Waals surface area contributed by atoms with E-state index in [4.69, 9.17) is 18.5 Å². The molecule has 532 valence electrons. The third kappa shape index (κ3) is 75.7. The van der Waals surface area contributed by atoms with Crippen LogP contribution in [0.4, 0.5) is 0 Å². The number of quaternary nitrogens is 1. The number of likely N-dealkylation sites (N-methyl/N-ethyl adjacent to an activating group) is 1. The Morgan fingerprint density at radius 3 is 0.870 bits per heavy atom. The van der Waals surface area contributed by atoms with E-state index in [1.807, 2.05) is 21.1 Å². The van der Waals surface area contributed by atoms with Crippen LogP contribution in [-0.2, 0) is 32.7 Å². The van der Waals surface area contributed by atoms with Crippen molar-refractivity contribution in [3.8, 4) is 0 Å². The van der Waals surface area contributed by atoms with Crippen molar-refractivity contribution in [3.05, 3.63) is 109 Å². The number of esters is 2. The number of phosphoric ester groups is 1. The summed E-state index contributed by atoms with van der Waals surface area (Å²) in [6.45, 7) is 4.25. The standard InChI is InChI=1S/C82H146NO8P/c1-6-8-10-12-14-16-18-20-22-24-26-28-30-32-34-36-37-38-39-40-41-42-43-44-45-47-48-50-52-54-56-58-60-62-64-66-68-70-72-74-81(84)88-78-80(79-90-92(86,87)89-77-76-83(3,4)5)91-82(85)75-73-71-69-67-65-63-61-59-57-55-53-51-49-46-35-33-31-29-27-25-23-21-19-17-15-13-11-9-7-2/h8-11,14-17,20-23,26-29,33,35,80H,6-7,12-13,18-19,24-25,30-32,34,36-79H2,1-5H3/p+1/b10-8-,11-9-,16-14-,17-15-,22-20-,23-21-,28-26-,29-27-,35-33-. The predicted octanol–water partition coefficient (Wildman–Crippen LogP) is 25.6. The molecule has 92 heavy (non-hydrogen) atoms. The molecule has 0 rings (SSSR count). The Hall–Kier alpha value is -3.33. The van der Waals surface area contributed by atoms with Crippen LogP contribution in [0.15, 0.2) is 109 Å². The van der Waals surface area contributed by atoms with Crippen molar-refractivity contribution in [2.75, 3.05) is 47.5 Å². The van der Waals surface area contributed by atoms with Crippen LogP contribution < -0.4 is 0 Å². The Bertz CT molecular complexity index is 1920. The van der Waals surface area contributed by atoms with Crippen LogP contribution in [0, 0.1) is 0 Å². The van der Waals surface area contributed by atoms with Gasteiger partial charge in [0.25, 0.3) is 0 Å². The second-order valence-corrected chi connectivity index (χ2v) is 28.4. The molecular weight excluding hydrogens is 1160 g/mol. The Kier molecular flexibility index (Phi) is 69.3. The number of rotatable bonds is 71. The minimum atomic E-state index is -4.40. The van der Waals surface area contributed by atoms with Gasteiger partial charge in [-0.3, -0.25) is 18.6 Å². The van der Waals surface area contributed by atoms with Crippen LogP contribution in [0.5, 0.6) is 0 Å². The largest absolute Gasteiger partial charge is 0.472 e. The van der Waals surface area contributed by atoms with E-state index in [1.54, 1.807) is 0 Å². The van der Waals surface area contributed by atoms with Crippen molar-refractivity contribution in [2.24, 2.45) is 0 Å². The van der Waals surface area contributed by atoms with Crippen molar-refractivity contribution in [1.82, 2.24) is 0 Å². The minimum absolute atomic E-state index is 0.0300. The van der Waals surface area contributed by atoms with Gasteiger partial charge in [0.2, 0.25) is 0 Å². The maximum atomic E-state index is 12.9. The van der Waals surface area contributed by atoms with Crippen LogP contribution in [0.1, 0.15) is 348 Å². The van der Waals surface area contributed by atoms with Gasteiger partial charge < -0.3 is 18.9 Å². The summed E-state index contributed by atoms with van der Waals surface area (Å²) in [6, 6.07) is 0. The van der Waals surface area contributed by atoms with Gasteiger partial charge in [-0.2, -0.15) is 0 Å². The Labute approximate surface area is 569 Å². The average molecular weight is 1310 g/mol. The molecule has 0 aromatic rings. The number of allylic oxidation sites excluding steroid dienone is 18. The molecular formula is C82H147NO8P+. The highest BCUT2D eigenvalue weighted by molar-refractivity contribution is 7.47. The van der Waals surface area contributed by atoms with Crippen molar-refractivity contribution >= 4 is 19.8 Å². The van der Waals surface area contributed by atoms with E-state index >= 15 is 0 Å². The first-order valence-electron chi connectivity index (χ1n) is 38.6. The lowest BCUT2D eigenvalue weighted by Crippen LogP contribution is -2.37. The molecule has 0 saturated carbocycles. The van der Waals surface area contributed by atoms with Gasteiger partial charge >= 0.3 is 19.8 Å². The molecule has 9 nitrogen and oxygen atoms in total. The number of hydrogen-bond donors (Lipinski definition) is 1. The van der Waals surface area contributed by atoms with E-state index in [0.29, 0.717) is 17.4 Å². The number of carbonyl (C=O) groups is 2. The summed E-state index contributed by atoms with van der Waals surface area (Å²) in [5.41, 5.74) is 0. The topological polar surface area (TPSA) is 108 Å². The first kappa shape index (κ1) is 88.7. The van der Waals surface area contributed by atoms with Crippen molar-refractivity contribution in [3.63, 3.8) is 0 Å². The Balaban J connectivity index is 3.94. The first-order valence-corrected chi connectivity index (χ1v) is 40.1. The fourth-order valence-electron chi connectivity index (χ4n) is 11.0. The van der Waals surface area contributed by atoms with Crippen molar-refractivity contribution < 1.29 is 42.1 Å². The minimum Gasteiger partial charge on any atom is -0.462 e. The third-order valence-electron chi connectivity index (χ3n) is 16.8. The lowest BCUT2D eigenvalue weighted by Gasteiger charge is -2.24. The van der Waals surface area contributed by atoms with Crippen LogP contribution in [0.25, 0.3) is 0 Å². The SMILES string of the molecule is CC/C=C\C/C=C\C/C=C\C/C=C\C/C=C\CCCCCCCCCCCCCCCC(=O)OC(COC(=O)CCCCCCCCCCCCCCCCCCCCCCCCCCCC/C=C\C/C=C\C/C=C\C/C=C\CC)COP(=O)(O)OCC[N+](C)(C)C. The molecule has 0 aliphatic carbocycles. The maximum absolute atomic E-state index is 12.9. The molecule has 10 heteroatoms. The number of phosphoric acid groups is 1. The van der Waals surface area contributed by atoms with Crippen molar-refractivity contribution in [1.29, 1.82) is 0 Å². The number of hydrogen-bond acceptors (Lipinski definition) is 7. The van der Waals surface area contributed by atoms with Gasteiger partial charge in [-0.25, -0.2) is 4.57 Å². The lowest BCUT2D eigenvalue weighted by molar-refractivity contribution is -0.870. The molecule has 0 heterocycles. The van der Waals surface area contributed by atoms with Crippen LogP contribution >= 0.6 is 7.82 Å². The second kappa shape index (κ2) is 72.0. The molecule has 0 saturated heterocycles. The van der Waals surface area contributed by atoms with Crippen LogP contribution in [0.2, 0.25) is 0 Å². The summed E-state index contributed by atoms with van der Waals surface area (Å²) < 4.78 is 34.8. The number of unbranched alkanes of at least 4 members (excludes halogenated alkanes) is 39. The second-order valence-electron chi connectivity index (χ2n) is 27.0. The monoisotopic (exact) mass is 1310 g/mol. The zero-order chi connectivity index (χ0) is 66.9. The molecule has 0 fully saturated rings. The fourth-order valence-corrected chi connectivity index (χ4v) is 11.7. The van der Waals surface area contributed by atoms with Crippen molar-refractivity contribution in [2.45, 2.75) is 354 Å². The fraction of sp³-hybridized carbons (Fsp3) is 0.756. The summed E-state index contributed by atoms with van der Waals surface area (Å²) in [4.78, 5) is 36.0. The summed E-state index contributed by atoms with van der Waals surface area (Å²) in [5.74, 6) is -0.786. The smallest absolute Gasteiger partial charge is 0.462 e. The van der Waals surface area contributed by atoms with Gasteiger partial charge in [-0.1, -0.05) is 348 Å². The Morgan fingerprint density at radius 2 is 0.587 bits per heavy atom. The number of nitrogens with zero attached hydrogens (tertiary/aromatic N) is 1. The van der Waals surface area contributed by atoms with Gasteiger partial charge in [0, 0.05) is 12.8 Å². The highest BCUT2D eigenvalue weighted by Crippen LogP contribution is 2.43. The van der Waals surface area contributed by atoms with E-state index in [1.165, 1.54) is 218 Å². The highest BCUT2D eigenvalue weighted by Gasteiger charge is 2.27.